The van der Waals surface area contributed by atoms with Crippen molar-refractivity contribution in [2.45, 2.75) is 19.9 Å². The van der Waals surface area contributed by atoms with Crippen molar-refractivity contribution < 1.29 is 14.3 Å². The summed E-state index contributed by atoms with van der Waals surface area (Å²) in [5, 5.41) is 5.87. The zero-order chi connectivity index (χ0) is 19.6. The fourth-order valence-corrected chi connectivity index (χ4v) is 2.42. The van der Waals surface area contributed by atoms with E-state index in [0.29, 0.717) is 35.8 Å². The molecule has 0 heterocycles. The number of carbonyl (C=O) groups excluding carboxylic acids is 1. The Balaban J connectivity index is 2.06. The first-order valence-corrected chi connectivity index (χ1v) is 8.73. The third-order valence-electron chi connectivity index (χ3n) is 3.83. The Morgan fingerprint density at radius 2 is 1.96 bits per heavy atom. The van der Waals surface area contributed by atoms with Crippen LogP contribution < -0.4 is 25.8 Å². The van der Waals surface area contributed by atoms with Crippen molar-refractivity contribution in [3.8, 4) is 11.5 Å². The number of nitrogens with one attached hydrogen (secondary N) is 2. The van der Waals surface area contributed by atoms with Gasteiger partial charge in [0.15, 0.2) is 5.96 Å². The molecule has 2 aromatic carbocycles. The van der Waals surface area contributed by atoms with Crippen LogP contribution in [0.1, 0.15) is 29.3 Å². The third kappa shape index (κ3) is 5.91. The highest BCUT2D eigenvalue weighted by atomic mass is 16.5. The van der Waals surface area contributed by atoms with E-state index in [2.05, 4.69) is 15.6 Å². The molecular weight excluding hydrogens is 344 g/mol. The SMILES string of the molecule is CCCNC(=O)c1cccc(CN=C(N)Nc2cc(OC)ccc2OC)c1. The Hall–Kier alpha value is -3.22. The Kier molecular flexibility index (Phi) is 7.49. The highest BCUT2D eigenvalue weighted by molar-refractivity contribution is 5.95. The summed E-state index contributed by atoms with van der Waals surface area (Å²) < 4.78 is 10.5. The van der Waals surface area contributed by atoms with E-state index >= 15 is 0 Å². The molecule has 0 spiro atoms. The van der Waals surface area contributed by atoms with Crippen molar-refractivity contribution >= 4 is 17.6 Å². The molecule has 0 unspecified atom stereocenters. The highest BCUT2D eigenvalue weighted by Gasteiger charge is 2.07. The van der Waals surface area contributed by atoms with Crippen molar-refractivity contribution in [1.29, 1.82) is 0 Å². The average Bonchev–Trinajstić information content (AvgIpc) is 2.70. The Morgan fingerprint density at radius 1 is 1.15 bits per heavy atom. The van der Waals surface area contributed by atoms with Crippen molar-refractivity contribution in [1.82, 2.24) is 5.32 Å². The maximum absolute atomic E-state index is 12.1. The van der Waals surface area contributed by atoms with E-state index in [1.807, 2.05) is 25.1 Å². The van der Waals surface area contributed by atoms with Crippen LogP contribution in [0.5, 0.6) is 11.5 Å². The predicted molar refractivity (Wildman–Crippen MR) is 108 cm³/mol. The van der Waals surface area contributed by atoms with E-state index in [4.69, 9.17) is 15.2 Å². The van der Waals surface area contributed by atoms with Gasteiger partial charge in [-0.25, -0.2) is 4.99 Å². The molecule has 0 radical (unpaired) electrons. The van der Waals surface area contributed by atoms with E-state index in [1.54, 1.807) is 38.5 Å². The number of methoxy groups -OCH3 is 2. The molecule has 0 bridgehead atoms. The largest absolute Gasteiger partial charge is 0.497 e. The fraction of sp³-hybridized carbons (Fsp3) is 0.300. The van der Waals surface area contributed by atoms with Gasteiger partial charge in [0.05, 0.1) is 26.5 Å². The van der Waals surface area contributed by atoms with E-state index in [0.717, 1.165) is 12.0 Å². The molecule has 2 rings (SSSR count). The maximum atomic E-state index is 12.1. The second kappa shape index (κ2) is 10.1. The van der Waals surface area contributed by atoms with E-state index < -0.39 is 0 Å². The summed E-state index contributed by atoms with van der Waals surface area (Å²) in [5.41, 5.74) is 8.15. The van der Waals surface area contributed by atoms with Crippen LogP contribution in [0.4, 0.5) is 5.69 Å². The Bertz CT molecular complexity index is 806. The summed E-state index contributed by atoms with van der Waals surface area (Å²) in [7, 11) is 3.17. The summed E-state index contributed by atoms with van der Waals surface area (Å²) in [6.07, 6.45) is 0.895. The molecule has 0 aromatic heterocycles. The minimum absolute atomic E-state index is 0.0881. The summed E-state index contributed by atoms with van der Waals surface area (Å²) in [6.45, 7) is 3.01. The van der Waals surface area contributed by atoms with Gasteiger partial charge in [-0.05, 0) is 36.2 Å². The van der Waals surface area contributed by atoms with Gasteiger partial charge in [0.1, 0.15) is 11.5 Å². The maximum Gasteiger partial charge on any atom is 0.251 e. The minimum Gasteiger partial charge on any atom is -0.497 e. The molecule has 0 fully saturated rings. The number of anilines is 1. The van der Waals surface area contributed by atoms with Crippen molar-refractivity contribution in [3.05, 3.63) is 53.6 Å². The number of carbonyl (C=O) groups is 1. The number of amides is 1. The smallest absolute Gasteiger partial charge is 0.251 e. The van der Waals surface area contributed by atoms with Crippen LogP contribution in [-0.4, -0.2) is 32.6 Å². The van der Waals surface area contributed by atoms with Crippen LogP contribution in [0.25, 0.3) is 0 Å². The van der Waals surface area contributed by atoms with Gasteiger partial charge >= 0.3 is 0 Å². The van der Waals surface area contributed by atoms with Gasteiger partial charge in [0.25, 0.3) is 5.91 Å². The monoisotopic (exact) mass is 370 g/mol. The summed E-state index contributed by atoms with van der Waals surface area (Å²) in [5.74, 6) is 1.46. The average molecular weight is 370 g/mol. The lowest BCUT2D eigenvalue weighted by molar-refractivity contribution is 0.0953. The highest BCUT2D eigenvalue weighted by Crippen LogP contribution is 2.28. The van der Waals surface area contributed by atoms with Crippen molar-refractivity contribution in [2.24, 2.45) is 10.7 Å². The lowest BCUT2D eigenvalue weighted by Gasteiger charge is -2.12. The van der Waals surface area contributed by atoms with Crippen LogP contribution in [0, 0.1) is 0 Å². The minimum atomic E-state index is -0.0881. The van der Waals surface area contributed by atoms with Gasteiger partial charge in [-0.15, -0.1) is 0 Å². The standard InChI is InChI=1S/C20H26N4O3/c1-4-10-22-19(25)15-7-5-6-14(11-15)13-23-20(21)24-17-12-16(26-2)8-9-18(17)27-3/h5-9,11-12H,4,10,13H2,1-3H3,(H,22,25)(H3,21,23,24). The molecule has 0 aliphatic heterocycles. The van der Waals surface area contributed by atoms with Crippen molar-refractivity contribution in [2.75, 3.05) is 26.1 Å². The van der Waals surface area contributed by atoms with Gasteiger partial charge in [0, 0.05) is 18.2 Å². The predicted octanol–water partition coefficient (Wildman–Crippen LogP) is 2.77. The first-order valence-electron chi connectivity index (χ1n) is 8.73. The molecular formula is C20H26N4O3. The number of ether oxygens (including phenoxy) is 2. The first kappa shape index (κ1) is 20.1. The molecule has 144 valence electrons. The van der Waals surface area contributed by atoms with E-state index in [-0.39, 0.29) is 11.9 Å². The quantitative estimate of drug-likeness (QED) is 0.490. The summed E-state index contributed by atoms with van der Waals surface area (Å²) in [4.78, 5) is 16.4. The topological polar surface area (TPSA) is 98.0 Å². The van der Waals surface area contributed by atoms with Crippen LogP contribution in [0.15, 0.2) is 47.5 Å². The summed E-state index contributed by atoms with van der Waals surface area (Å²) in [6, 6.07) is 12.7. The van der Waals surface area contributed by atoms with Crippen LogP contribution in [0.2, 0.25) is 0 Å². The lowest BCUT2D eigenvalue weighted by atomic mass is 10.1. The molecule has 2 aromatic rings. The molecule has 0 saturated carbocycles. The van der Waals surface area contributed by atoms with Crippen molar-refractivity contribution in [3.63, 3.8) is 0 Å². The van der Waals surface area contributed by atoms with Crippen LogP contribution >= 0.6 is 0 Å². The number of rotatable bonds is 8. The second-order valence-electron chi connectivity index (χ2n) is 5.85. The number of nitrogens with two attached hydrogens (primary N) is 1. The molecule has 27 heavy (non-hydrogen) atoms. The van der Waals surface area contributed by atoms with E-state index in [9.17, 15) is 4.79 Å². The van der Waals surface area contributed by atoms with Gasteiger partial charge in [0.2, 0.25) is 0 Å². The van der Waals surface area contributed by atoms with Gasteiger partial charge in [-0.3, -0.25) is 4.79 Å². The van der Waals surface area contributed by atoms with Crippen LogP contribution in [-0.2, 0) is 6.54 Å². The number of guanidine groups is 1. The molecule has 0 atom stereocenters. The Morgan fingerprint density at radius 3 is 2.67 bits per heavy atom. The molecule has 1 amide bonds. The van der Waals surface area contributed by atoms with Crippen LogP contribution in [0.3, 0.4) is 0 Å². The fourth-order valence-electron chi connectivity index (χ4n) is 2.42. The number of nitrogens with zero attached hydrogens (tertiary/aromatic N) is 1. The van der Waals surface area contributed by atoms with Gasteiger partial charge in [-0.2, -0.15) is 0 Å². The number of aliphatic imine (C=N–C) groups is 1. The van der Waals surface area contributed by atoms with Gasteiger partial charge in [-0.1, -0.05) is 19.1 Å². The zero-order valence-corrected chi connectivity index (χ0v) is 15.9. The number of benzene rings is 2. The molecule has 4 N–H and O–H groups in total. The lowest BCUT2D eigenvalue weighted by Crippen LogP contribution is -2.24. The normalized spacial score (nSPS) is 11.0. The molecule has 7 nitrogen and oxygen atoms in total. The molecule has 0 aliphatic rings. The third-order valence-corrected chi connectivity index (χ3v) is 3.83. The molecule has 7 heteroatoms. The number of hydrogen-bond acceptors (Lipinski definition) is 4. The molecule has 0 saturated heterocycles. The second-order valence-corrected chi connectivity index (χ2v) is 5.85. The summed E-state index contributed by atoms with van der Waals surface area (Å²) >= 11 is 0. The van der Waals surface area contributed by atoms with Gasteiger partial charge < -0.3 is 25.8 Å². The van der Waals surface area contributed by atoms with E-state index in [1.165, 1.54) is 0 Å². The Labute approximate surface area is 159 Å². The zero-order valence-electron chi connectivity index (χ0n) is 15.9. The number of hydrogen-bond donors (Lipinski definition) is 3. The molecule has 0 aliphatic carbocycles. The first-order chi connectivity index (χ1) is 13.1.